The molecule has 0 amide bonds. The quantitative estimate of drug-likeness (QED) is 0.657. The van der Waals surface area contributed by atoms with Crippen molar-refractivity contribution in [3.05, 3.63) is 9.81 Å². The first-order chi connectivity index (χ1) is 10.2. The van der Waals surface area contributed by atoms with Crippen LogP contribution in [0.25, 0.3) is 0 Å². The second kappa shape index (κ2) is 7.85. The first-order valence-electron chi connectivity index (χ1n) is 6.99. The molecule has 9 heteroatoms. The number of nitrogens with zero attached hydrogens (tertiary/aromatic N) is 2. The number of hydrogen-bond donors (Lipinski definition) is 2. The molecule has 120 valence electrons. The van der Waals surface area contributed by atoms with E-state index < -0.39 is 36.7 Å². The third kappa shape index (κ3) is 4.48. The van der Waals surface area contributed by atoms with E-state index in [9.17, 15) is 14.9 Å². The molecule has 6 atom stereocenters. The summed E-state index contributed by atoms with van der Waals surface area (Å²) in [4.78, 5) is 21.1. The molecule has 2 fully saturated rings. The van der Waals surface area contributed by atoms with Crippen molar-refractivity contribution in [1.82, 2.24) is 0 Å². The van der Waals surface area contributed by atoms with Gasteiger partial charge in [0.05, 0.1) is 31.5 Å². The molecule has 0 aliphatic carbocycles. The first kappa shape index (κ1) is 16.4. The predicted octanol–water partition coefficient (Wildman–Crippen LogP) is -0.0798. The molecule has 0 bridgehead atoms. The predicted molar refractivity (Wildman–Crippen MR) is 70.5 cm³/mol. The molecule has 2 rings (SSSR count). The summed E-state index contributed by atoms with van der Waals surface area (Å²) in [7, 11) is 0. The minimum atomic E-state index is -0.691. The van der Waals surface area contributed by atoms with Gasteiger partial charge >= 0.3 is 0 Å². The highest BCUT2D eigenvalue weighted by Gasteiger charge is 2.36. The fraction of sp³-hybridized carbons (Fsp3) is 1.00. The molecule has 9 nitrogen and oxygen atoms in total. The van der Waals surface area contributed by atoms with Crippen molar-refractivity contribution in [2.75, 3.05) is 19.8 Å². The summed E-state index contributed by atoms with van der Waals surface area (Å²) in [5.41, 5.74) is 0. The molecular formula is C12H20N2O7. The van der Waals surface area contributed by atoms with Crippen molar-refractivity contribution < 1.29 is 24.4 Å². The molecule has 2 heterocycles. The van der Waals surface area contributed by atoms with Gasteiger partial charge in [0.2, 0.25) is 0 Å². The molecule has 0 aromatic rings. The summed E-state index contributed by atoms with van der Waals surface area (Å²) in [6.07, 6.45) is -1.77. The van der Waals surface area contributed by atoms with Crippen LogP contribution in [0, 0.1) is 9.81 Å². The third-order valence-corrected chi connectivity index (χ3v) is 3.71. The van der Waals surface area contributed by atoms with Gasteiger partial charge in [-0.15, -0.1) is 0 Å². The lowest BCUT2D eigenvalue weighted by Crippen LogP contribution is -2.46. The van der Waals surface area contributed by atoms with Crippen LogP contribution in [-0.4, -0.2) is 66.7 Å². The van der Waals surface area contributed by atoms with E-state index in [0.717, 1.165) is 0 Å². The van der Waals surface area contributed by atoms with Crippen molar-refractivity contribution in [3.8, 4) is 0 Å². The Morgan fingerprint density at radius 3 is 2.71 bits per heavy atom. The van der Waals surface area contributed by atoms with Crippen LogP contribution >= 0.6 is 0 Å². The molecule has 0 radical (unpaired) electrons. The largest absolute Gasteiger partial charge is 0.394 e. The molecule has 0 aromatic carbocycles. The average Bonchev–Trinajstić information content (AvgIpc) is 2.48. The zero-order chi connectivity index (χ0) is 15.2. The highest BCUT2D eigenvalue weighted by Crippen LogP contribution is 2.26. The van der Waals surface area contributed by atoms with E-state index in [2.05, 4.69) is 10.4 Å². The van der Waals surface area contributed by atoms with Crippen LogP contribution in [0.3, 0.4) is 0 Å². The lowest BCUT2D eigenvalue weighted by molar-refractivity contribution is -0.253. The summed E-state index contributed by atoms with van der Waals surface area (Å²) in [6.45, 7) is -0.107. The van der Waals surface area contributed by atoms with Gasteiger partial charge in [-0.1, -0.05) is 10.4 Å². The van der Waals surface area contributed by atoms with E-state index in [-0.39, 0.29) is 19.8 Å². The van der Waals surface area contributed by atoms with Crippen molar-refractivity contribution in [2.45, 2.75) is 56.0 Å². The lowest BCUT2D eigenvalue weighted by Gasteiger charge is -2.37. The molecule has 2 N–H and O–H groups in total. The second-order valence-electron chi connectivity index (χ2n) is 5.35. The SMILES string of the molecule is O=NC[C@H]1OC[C@H](O[C@@H]2C[C@H](O)C[C@H](CO)O2)C[C@@H]1N=O. The number of hydrogen-bond acceptors (Lipinski definition) is 9. The van der Waals surface area contributed by atoms with Crippen LogP contribution in [0.15, 0.2) is 10.4 Å². The van der Waals surface area contributed by atoms with Gasteiger partial charge in [-0.25, -0.2) is 0 Å². The first-order valence-corrected chi connectivity index (χ1v) is 6.99. The Kier molecular flexibility index (Phi) is 6.12. The topological polar surface area (TPSA) is 127 Å². The molecule has 0 saturated carbocycles. The number of ether oxygens (including phenoxy) is 3. The van der Waals surface area contributed by atoms with Crippen LogP contribution in [0.4, 0.5) is 0 Å². The Bertz CT molecular complexity index is 356. The lowest BCUT2D eigenvalue weighted by atomic mass is 10.0. The van der Waals surface area contributed by atoms with Gasteiger partial charge < -0.3 is 24.4 Å². The summed E-state index contributed by atoms with van der Waals surface area (Å²) < 4.78 is 16.5. The minimum absolute atomic E-state index is 0.117. The van der Waals surface area contributed by atoms with Gasteiger partial charge in [0.1, 0.15) is 18.7 Å². The van der Waals surface area contributed by atoms with E-state index >= 15 is 0 Å². The molecule has 0 aromatic heterocycles. The van der Waals surface area contributed by atoms with Crippen LogP contribution in [0.2, 0.25) is 0 Å². The molecule has 2 aliphatic heterocycles. The molecule has 0 spiro atoms. The van der Waals surface area contributed by atoms with Crippen LogP contribution in [0.5, 0.6) is 0 Å². The zero-order valence-electron chi connectivity index (χ0n) is 11.5. The molecule has 21 heavy (non-hydrogen) atoms. The summed E-state index contributed by atoms with van der Waals surface area (Å²) in [5.74, 6) is 0. The van der Waals surface area contributed by atoms with E-state index in [1.807, 2.05) is 0 Å². The third-order valence-electron chi connectivity index (χ3n) is 3.71. The highest BCUT2D eigenvalue weighted by atomic mass is 16.7. The molecule has 2 saturated heterocycles. The summed E-state index contributed by atoms with van der Waals surface area (Å²) in [5, 5.41) is 24.5. The van der Waals surface area contributed by atoms with E-state index in [0.29, 0.717) is 19.3 Å². The standard InChI is InChI=1S/C12H20N2O7/c15-5-8-1-7(16)2-12(20-8)21-9-3-10(14-18)11(4-13-17)19-6-9/h7-12,15-16H,1-6H2/t7-,8-,9-,10+,11-,12-/m1/s1. The van der Waals surface area contributed by atoms with E-state index in [4.69, 9.17) is 19.3 Å². The fourth-order valence-corrected chi connectivity index (χ4v) is 2.65. The Hall–Kier alpha value is -1.00. The van der Waals surface area contributed by atoms with Crippen molar-refractivity contribution in [3.63, 3.8) is 0 Å². The van der Waals surface area contributed by atoms with Gasteiger partial charge in [0.15, 0.2) is 6.29 Å². The van der Waals surface area contributed by atoms with Gasteiger partial charge in [0, 0.05) is 19.3 Å². The van der Waals surface area contributed by atoms with Crippen molar-refractivity contribution in [1.29, 1.82) is 0 Å². The van der Waals surface area contributed by atoms with Crippen LogP contribution < -0.4 is 0 Å². The van der Waals surface area contributed by atoms with Crippen molar-refractivity contribution in [2.24, 2.45) is 10.4 Å². The van der Waals surface area contributed by atoms with Gasteiger partial charge in [-0.2, -0.15) is 9.81 Å². The number of aliphatic hydroxyl groups excluding tert-OH is 2. The molecular weight excluding hydrogens is 284 g/mol. The Balaban J connectivity index is 1.85. The second-order valence-corrected chi connectivity index (χ2v) is 5.35. The highest BCUT2D eigenvalue weighted by molar-refractivity contribution is 4.86. The van der Waals surface area contributed by atoms with Crippen molar-refractivity contribution >= 4 is 0 Å². The number of aliphatic hydroxyl groups is 2. The van der Waals surface area contributed by atoms with E-state index in [1.165, 1.54) is 0 Å². The normalized spacial score (nSPS) is 40.7. The molecule has 2 aliphatic rings. The van der Waals surface area contributed by atoms with Crippen LogP contribution in [-0.2, 0) is 14.2 Å². The number of nitroso groups, excluding NO2 is 2. The number of rotatable bonds is 6. The zero-order valence-corrected chi connectivity index (χ0v) is 11.5. The maximum absolute atomic E-state index is 10.8. The minimum Gasteiger partial charge on any atom is -0.394 e. The van der Waals surface area contributed by atoms with Gasteiger partial charge in [0.25, 0.3) is 0 Å². The maximum Gasteiger partial charge on any atom is 0.161 e. The Labute approximate surface area is 121 Å². The summed E-state index contributed by atoms with van der Waals surface area (Å²) in [6, 6.07) is -0.691. The Morgan fingerprint density at radius 2 is 2.05 bits per heavy atom. The summed E-state index contributed by atoms with van der Waals surface area (Å²) >= 11 is 0. The monoisotopic (exact) mass is 304 g/mol. The van der Waals surface area contributed by atoms with Gasteiger partial charge in [-0.05, 0) is 0 Å². The average molecular weight is 304 g/mol. The van der Waals surface area contributed by atoms with Gasteiger partial charge in [-0.3, -0.25) is 0 Å². The Morgan fingerprint density at radius 1 is 1.24 bits per heavy atom. The smallest absolute Gasteiger partial charge is 0.161 e. The van der Waals surface area contributed by atoms with E-state index in [1.54, 1.807) is 0 Å². The maximum atomic E-state index is 10.8. The molecule has 0 unspecified atom stereocenters. The fourth-order valence-electron chi connectivity index (χ4n) is 2.65. The van der Waals surface area contributed by atoms with Crippen LogP contribution in [0.1, 0.15) is 19.3 Å².